The molecule has 0 aliphatic carbocycles. The minimum absolute atomic E-state index is 0.0917. The Morgan fingerprint density at radius 1 is 1.14 bits per heavy atom. The van der Waals surface area contributed by atoms with Gasteiger partial charge in [-0.3, -0.25) is 4.79 Å². The molecule has 0 bridgehead atoms. The first kappa shape index (κ1) is 21.3. The number of rotatable bonds is 5. The van der Waals surface area contributed by atoms with Crippen molar-refractivity contribution < 1.29 is 17.9 Å². The van der Waals surface area contributed by atoms with Gasteiger partial charge in [0.05, 0.1) is 11.0 Å². The SMILES string of the molecule is CCOC1CCCN(C(=O)C2CCN(S(=O)(=O)c3ccc(C)cc3C)CC2)C1. The second-order valence-electron chi connectivity index (χ2n) is 7.95. The number of benzene rings is 1. The van der Waals surface area contributed by atoms with Crippen molar-refractivity contribution in [1.82, 2.24) is 9.21 Å². The van der Waals surface area contributed by atoms with Gasteiger partial charge in [-0.05, 0) is 58.1 Å². The van der Waals surface area contributed by atoms with Gasteiger partial charge >= 0.3 is 0 Å². The maximum Gasteiger partial charge on any atom is 0.243 e. The quantitative estimate of drug-likeness (QED) is 0.751. The van der Waals surface area contributed by atoms with Crippen LogP contribution in [0.4, 0.5) is 0 Å². The Hall–Kier alpha value is -1.44. The number of ether oxygens (including phenoxy) is 1. The van der Waals surface area contributed by atoms with E-state index in [9.17, 15) is 13.2 Å². The first-order chi connectivity index (χ1) is 13.3. The fraction of sp³-hybridized carbons (Fsp3) is 0.667. The van der Waals surface area contributed by atoms with Gasteiger partial charge in [0.1, 0.15) is 0 Å². The molecule has 3 rings (SSSR count). The molecular formula is C21H32N2O4S. The molecule has 1 aromatic carbocycles. The Kier molecular flexibility index (Phi) is 6.78. The average Bonchev–Trinajstić information content (AvgIpc) is 2.68. The van der Waals surface area contributed by atoms with Crippen LogP contribution < -0.4 is 0 Å². The summed E-state index contributed by atoms with van der Waals surface area (Å²) in [5.41, 5.74) is 1.82. The Morgan fingerprint density at radius 2 is 1.86 bits per heavy atom. The zero-order chi connectivity index (χ0) is 20.3. The molecule has 2 aliphatic rings. The standard InChI is InChI=1S/C21H32N2O4S/c1-4-27-19-6-5-11-22(15-19)21(24)18-9-12-23(13-10-18)28(25,26)20-8-7-16(2)14-17(20)3/h7-8,14,18-19H,4-6,9-13,15H2,1-3H3. The van der Waals surface area contributed by atoms with E-state index in [-0.39, 0.29) is 17.9 Å². The number of piperidine rings is 2. The molecule has 7 heteroatoms. The van der Waals surface area contributed by atoms with Crippen LogP contribution in [0.1, 0.15) is 43.7 Å². The molecule has 0 spiro atoms. The molecule has 2 saturated heterocycles. The molecule has 0 radical (unpaired) electrons. The highest BCUT2D eigenvalue weighted by atomic mass is 32.2. The summed E-state index contributed by atoms with van der Waals surface area (Å²) in [6.07, 6.45) is 3.27. The molecule has 2 fully saturated rings. The lowest BCUT2D eigenvalue weighted by Gasteiger charge is -2.37. The van der Waals surface area contributed by atoms with Crippen LogP contribution in [-0.2, 0) is 19.6 Å². The van der Waals surface area contributed by atoms with Gasteiger partial charge in [-0.15, -0.1) is 0 Å². The van der Waals surface area contributed by atoms with Crippen molar-refractivity contribution in [3.05, 3.63) is 29.3 Å². The third-order valence-corrected chi connectivity index (χ3v) is 7.90. The van der Waals surface area contributed by atoms with Crippen molar-refractivity contribution in [2.45, 2.75) is 57.5 Å². The van der Waals surface area contributed by atoms with E-state index < -0.39 is 10.0 Å². The van der Waals surface area contributed by atoms with E-state index in [1.165, 1.54) is 4.31 Å². The first-order valence-electron chi connectivity index (χ1n) is 10.3. The summed E-state index contributed by atoms with van der Waals surface area (Å²) in [5.74, 6) is 0.0684. The van der Waals surface area contributed by atoms with Crippen LogP contribution in [0, 0.1) is 19.8 Å². The predicted molar refractivity (Wildman–Crippen MR) is 109 cm³/mol. The summed E-state index contributed by atoms with van der Waals surface area (Å²) in [6.45, 7) is 8.67. The highest BCUT2D eigenvalue weighted by Crippen LogP contribution is 2.28. The maximum absolute atomic E-state index is 13.0. The van der Waals surface area contributed by atoms with Crippen molar-refractivity contribution >= 4 is 15.9 Å². The van der Waals surface area contributed by atoms with Crippen molar-refractivity contribution in [3.8, 4) is 0 Å². The molecule has 6 nitrogen and oxygen atoms in total. The molecule has 28 heavy (non-hydrogen) atoms. The van der Waals surface area contributed by atoms with E-state index in [1.54, 1.807) is 6.07 Å². The molecular weight excluding hydrogens is 376 g/mol. The van der Waals surface area contributed by atoms with E-state index >= 15 is 0 Å². The van der Waals surface area contributed by atoms with E-state index in [1.807, 2.05) is 37.8 Å². The Morgan fingerprint density at radius 3 is 2.50 bits per heavy atom. The van der Waals surface area contributed by atoms with Crippen LogP contribution in [-0.4, -0.2) is 62.4 Å². The van der Waals surface area contributed by atoms with Gasteiger partial charge in [0, 0.05) is 38.7 Å². The van der Waals surface area contributed by atoms with E-state index in [0.717, 1.165) is 30.5 Å². The summed E-state index contributed by atoms with van der Waals surface area (Å²) in [4.78, 5) is 15.2. The summed E-state index contributed by atoms with van der Waals surface area (Å²) in [5, 5.41) is 0. The fourth-order valence-corrected chi connectivity index (χ4v) is 6.01. The number of carbonyl (C=O) groups excluding carboxylic acids is 1. The Balaban J connectivity index is 1.61. The second kappa shape index (κ2) is 8.93. The Labute approximate surface area is 168 Å². The monoisotopic (exact) mass is 408 g/mol. The van der Waals surface area contributed by atoms with Gasteiger partial charge in [0.15, 0.2) is 0 Å². The number of aryl methyl sites for hydroxylation is 2. The minimum Gasteiger partial charge on any atom is -0.377 e. The summed E-state index contributed by atoms with van der Waals surface area (Å²) in [6, 6.07) is 5.43. The van der Waals surface area contributed by atoms with E-state index in [2.05, 4.69) is 0 Å². The zero-order valence-electron chi connectivity index (χ0n) is 17.2. The number of hydrogen-bond donors (Lipinski definition) is 0. The van der Waals surface area contributed by atoms with Gasteiger partial charge in [-0.2, -0.15) is 4.31 Å². The van der Waals surface area contributed by atoms with Gasteiger partial charge in [-0.25, -0.2) is 8.42 Å². The van der Waals surface area contributed by atoms with Crippen molar-refractivity contribution in [3.63, 3.8) is 0 Å². The van der Waals surface area contributed by atoms with Crippen molar-refractivity contribution in [2.24, 2.45) is 5.92 Å². The van der Waals surface area contributed by atoms with Gasteiger partial charge in [-0.1, -0.05) is 17.7 Å². The molecule has 0 aromatic heterocycles. The molecule has 0 saturated carbocycles. The van der Waals surface area contributed by atoms with Crippen LogP contribution in [0.2, 0.25) is 0 Å². The molecule has 1 aromatic rings. The lowest BCUT2D eigenvalue weighted by molar-refractivity contribution is -0.140. The number of hydrogen-bond acceptors (Lipinski definition) is 4. The van der Waals surface area contributed by atoms with Crippen LogP contribution in [0.25, 0.3) is 0 Å². The molecule has 156 valence electrons. The van der Waals surface area contributed by atoms with Crippen molar-refractivity contribution in [2.75, 3.05) is 32.8 Å². The number of carbonyl (C=O) groups is 1. The predicted octanol–water partition coefficient (Wildman–Crippen LogP) is 2.73. The summed E-state index contributed by atoms with van der Waals surface area (Å²) < 4.78 is 33.3. The molecule has 2 aliphatic heterocycles. The van der Waals surface area contributed by atoms with E-state index in [4.69, 9.17) is 4.74 Å². The lowest BCUT2D eigenvalue weighted by atomic mass is 9.95. The van der Waals surface area contributed by atoms with Gasteiger partial charge < -0.3 is 9.64 Å². The third-order valence-electron chi connectivity index (χ3n) is 5.84. The van der Waals surface area contributed by atoms with Crippen molar-refractivity contribution in [1.29, 1.82) is 0 Å². The number of nitrogens with zero attached hydrogens (tertiary/aromatic N) is 2. The summed E-state index contributed by atoms with van der Waals surface area (Å²) >= 11 is 0. The molecule has 1 unspecified atom stereocenters. The number of amides is 1. The lowest BCUT2D eigenvalue weighted by Crippen LogP contribution is -2.48. The van der Waals surface area contributed by atoms with E-state index in [0.29, 0.717) is 44.0 Å². The topological polar surface area (TPSA) is 66.9 Å². The van der Waals surface area contributed by atoms with Gasteiger partial charge in [0.2, 0.25) is 15.9 Å². The van der Waals surface area contributed by atoms with Crippen LogP contribution in [0.3, 0.4) is 0 Å². The number of likely N-dealkylation sites (tertiary alicyclic amines) is 1. The average molecular weight is 409 g/mol. The molecule has 0 N–H and O–H groups in total. The van der Waals surface area contributed by atoms with Crippen LogP contribution >= 0.6 is 0 Å². The largest absolute Gasteiger partial charge is 0.377 e. The fourth-order valence-electron chi connectivity index (χ4n) is 4.34. The second-order valence-corrected chi connectivity index (χ2v) is 9.86. The first-order valence-corrected chi connectivity index (χ1v) is 11.7. The zero-order valence-corrected chi connectivity index (χ0v) is 18.0. The summed E-state index contributed by atoms with van der Waals surface area (Å²) in [7, 11) is -3.51. The third kappa shape index (κ3) is 4.58. The normalized spacial score (nSPS) is 22.4. The Bertz CT molecular complexity index is 799. The minimum atomic E-state index is -3.51. The smallest absolute Gasteiger partial charge is 0.243 e. The van der Waals surface area contributed by atoms with Crippen LogP contribution in [0.15, 0.2) is 23.1 Å². The highest BCUT2D eigenvalue weighted by molar-refractivity contribution is 7.89. The maximum atomic E-state index is 13.0. The molecule has 2 heterocycles. The van der Waals surface area contributed by atoms with Crippen LogP contribution in [0.5, 0.6) is 0 Å². The van der Waals surface area contributed by atoms with Gasteiger partial charge in [0.25, 0.3) is 0 Å². The molecule has 1 amide bonds. The molecule has 1 atom stereocenters. The number of sulfonamides is 1. The highest BCUT2D eigenvalue weighted by Gasteiger charge is 2.35.